The SMILES string of the molecule is CC.CC(C)c1cccc(-c2cccc3[nH]ccc23)c1. The molecule has 0 aliphatic rings. The average Bonchev–Trinajstić information content (AvgIpc) is 2.97. The zero-order valence-corrected chi connectivity index (χ0v) is 12.8. The Hall–Kier alpha value is -2.02. The molecule has 1 heterocycles. The minimum absolute atomic E-state index is 0.565. The Morgan fingerprint density at radius 3 is 2.40 bits per heavy atom. The highest BCUT2D eigenvalue weighted by molar-refractivity contribution is 5.95. The van der Waals surface area contributed by atoms with Gasteiger partial charge in [0.1, 0.15) is 0 Å². The molecule has 1 aromatic heterocycles. The molecule has 0 spiro atoms. The highest BCUT2D eigenvalue weighted by atomic mass is 14.7. The Kier molecular flexibility index (Phi) is 4.62. The van der Waals surface area contributed by atoms with Crippen molar-refractivity contribution < 1.29 is 0 Å². The van der Waals surface area contributed by atoms with Crippen LogP contribution >= 0.6 is 0 Å². The van der Waals surface area contributed by atoms with E-state index in [9.17, 15) is 0 Å². The van der Waals surface area contributed by atoms with Gasteiger partial charge in [-0.15, -0.1) is 0 Å². The molecule has 0 atom stereocenters. The highest BCUT2D eigenvalue weighted by Crippen LogP contribution is 2.29. The fourth-order valence-electron chi connectivity index (χ4n) is 2.40. The summed E-state index contributed by atoms with van der Waals surface area (Å²) in [7, 11) is 0. The molecule has 2 aromatic carbocycles. The maximum absolute atomic E-state index is 3.27. The van der Waals surface area contributed by atoms with Gasteiger partial charge in [-0.3, -0.25) is 0 Å². The third-order valence-electron chi connectivity index (χ3n) is 3.46. The van der Waals surface area contributed by atoms with Gasteiger partial charge in [-0.1, -0.05) is 64.1 Å². The molecule has 0 fully saturated rings. The van der Waals surface area contributed by atoms with Crippen molar-refractivity contribution in [3.05, 3.63) is 60.3 Å². The molecule has 0 aliphatic heterocycles. The van der Waals surface area contributed by atoms with E-state index in [0.717, 1.165) is 0 Å². The van der Waals surface area contributed by atoms with Gasteiger partial charge in [-0.2, -0.15) is 0 Å². The van der Waals surface area contributed by atoms with Crippen LogP contribution in [0, 0.1) is 0 Å². The third-order valence-corrected chi connectivity index (χ3v) is 3.46. The normalized spacial score (nSPS) is 10.4. The van der Waals surface area contributed by atoms with E-state index in [0.29, 0.717) is 5.92 Å². The summed E-state index contributed by atoms with van der Waals surface area (Å²) in [6, 6.07) is 17.4. The van der Waals surface area contributed by atoms with Crippen molar-refractivity contribution in [2.75, 3.05) is 0 Å². The number of nitrogens with one attached hydrogen (secondary N) is 1. The van der Waals surface area contributed by atoms with Gasteiger partial charge in [-0.25, -0.2) is 0 Å². The highest BCUT2D eigenvalue weighted by Gasteiger charge is 2.06. The Balaban J connectivity index is 0.000000704. The Morgan fingerprint density at radius 1 is 0.900 bits per heavy atom. The molecule has 0 saturated heterocycles. The van der Waals surface area contributed by atoms with E-state index in [4.69, 9.17) is 0 Å². The number of aromatic amines is 1. The van der Waals surface area contributed by atoms with Crippen molar-refractivity contribution in [1.82, 2.24) is 4.98 Å². The molecule has 3 rings (SSSR count). The van der Waals surface area contributed by atoms with Crippen LogP contribution in [0.3, 0.4) is 0 Å². The van der Waals surface area contributed by atoms with E-state index in [2.05, 4.69) is 67.4 Å². The van der Waals surface area contributed by atoms with E-state index < -0.39 is 0 Å². The summed E-state index contributed by atoms with van der Waals surface area (Å²) >= 11 is 0. The minimum atomic E-state index is 0.565. The lowest BCUT2D eigenvalue weighted by Gasteiger charge is -2.09. The predicted molar refractivity (Wildman–Crippen MR) is 89.2 cm³/mol. The first-order valence-electron chi connectivity index (χ1n) is 7.42. The molecule has 104 valence electrons. The molecule has 1 heteroatoms. The zero-order chi connectivity index (χ0) is 14.5. The summed E-state index contributed by atoms with van der Waals surface area (Å²) in [6.07, 6.45) is 2.00. The van der Waals surface area contributed by atoms with Crippen LogP contribution in [0.2, 0.25) is 0 Å². The van der Waals surface area contributed by atoms with E-state index in [1.807, 2.05) is 20.0 Å². The van der Waals surface area contributed by atoms with Gasteiger partial charge in [0.05, 0.1) is 0 Å². The number of fused-ring (bicyclic) bond motifs is 1. The maximum Gasteiger partial charge on any atom is 0.0460 e. The van der Waals surface area contributed by atoms with Crippen LogP contribution in [0.5, 0.6) is 0 Å². The second-order valence-electron chi connectivity index (χ2n) is 5.02. The first-order valence-corrected chi connectivity index (χ1v) is 7.42. The number of H-pyrrole nitrogens is 1. The largest absolute Gasteiger partial charge is 0.361 e. The molecule has 0 radical (unpaired) electrons. The van der Waals surface area contributed by atoms with Crippen LogP contribution in [-0.4, -0.2) is 4.98 Å². The van der Waals surface area contributed by atoms with Crippen LogP contribution in [0.25, 0.3) is 22.0 Å². The number of aromatic nitrogens is 1. The van der Waals surface area contributed by atoms with Crippen molar-refractivity contribution >= 4 is 10.9 Å². The summed E-state index contributed by atoms with van der Waals surface area (Å²) < 4.78 is 0. The summed E-state index contributed by atoms with van der Waals surface area (Å²) in [6.45, 7) is 8.46. The van der Waals surface area contributed by atoms with Gasteiger partial charge < -0.3 is 4.98 Å². The molecule has 0 amide bonds. The van der Waals surface area contributed by atoms with Gasteiger partial charge in [0, 0.05) is 17.1 Å². The van der Waals surface area contributed by atoms with Crippen molar-refractivity contribution in [3.8, 4) is 11.1 Å². The van der Waals surface area contributed by atoms with Crippen molar-refractivity contribution in [1.29, 1.82) is 0 Å². The smallest absolute Gasteiger partial charge is 0.0460 e. The second-order valence-corrected chi connectivity index (χ2v) is 5.02. The molecule has 0 unspecified atom stereocenters. The fourth-order valence-corrected chi connectivity index (χ4v) is 2.40. The first-order chi connectivity index (χ1) is 9.75. The van der Waals surface area contributed by atoms with E-state index in [1.54, 1.807) is 0 Å². The zero-order valence-electron chi connectivity index (χ0n) is 12.8. The predicted octanol–water partition coefficient (Wildman–Crippen LogP) is 5.98. The quantitative estimate of drug-likeness (QED) is 0.586. The van der Waals surface area contributed by atoms with Gasteiger partial charge in [0.25, 0.3) is 0 Å². The van der Waals surface area contributed by atoms with Gasteiger partial charge >= 0.3 is 0 Å². The van der Waals surface area contributed by atoms with Crippen LogP contribution in [0.1, 0.15) is 39.2 Å². The van der Waals surface area contributed by atoms with E-state index in [1.165, 1.54) is 27.6 Å². The molecule has 0 bridgehead atoms. The second kappa shape index (κ2) is 6.42. The molecule has 0 saturated carbocycles. The molecule has 1 nitrogen and oxygen atoms in total. The van der Waals surface area contributed by atoms with E-state index in [-0.39, 0.29) is 0 Å². The molecule has 3 aromatic rings. The van der Waals surface area contributed by atoms with Crippen LogP contribution in [-0.2, 0) is 0 Å². The van der Waals surface area contributed by atoms with Crippen LogP contribution in [0.4, 0.5) is 0 Å². The van der Waals surface area contributed by atoms with Crippen LogP contribution < -0.4 is 0 Å². The fraction of sp³-hybridized carbons (Fsp3) is 0.263. The monoisotopic (exact) mass is 265 g/mol. The first kappa shape index (κ1) is 14.4. The van der Waals surface area contributed by atoms with Gasteiger partial charge in [0.2, 0.25) is 0 Å². The Bertz CT molecular complexity index is 677. The summed E-state index contributed by atoms with van der Waals surface area (Å²) in [5.74, 6) is 0.565. The lowest BCUT2D eigenvalue weighted by atomic mass is 9.96. The van der Waals surface area contributed by atoms with Crippen LogP contribution in [0.15, 0.2) is 54.7 Å². The number of rotatable bonds is 2. The number of benzene rings is 2. The molecule has 0 aliphatic carbocycles. The molecular weight excluding hydrogens is 242 g/mol. The van der Waals surface area contributed by atoms with Crippen molar-refractivity contribution in [3.63, 3.8) is 0 Å². The molecule has 20 heavy (non-hydrogen) atoms. The minimum Gasteiger partial charge on any atom is -0.361 e. The van der Waals surface area contributed by atoms with Crippen molar-refractivity contribution in [2.24, 2.45) is 0 Å². The number of hydrogen-bond acceptors (Lipinski definition) is 0. The lowest BCUT2D eigenvalue weighted by Crippen LogP contribution is -1.88. The molecular formula is C19H23N. The maximum atomic E-state index is 3.27. The Morgan fingerprint density at radius 2 is 1.65 bits per heavy atom. The summed E-state index contributed by atoms with van der Waals surface area (Å²) in [5.41, 5.74) is 5.19. The third kappa shape index (κ3) is 2.77. The van der Waals surface area contributed by atoms with Gasteiger partial charge in [-0.05, 0) is 34.7 Å². The lowest BCUT2D eigenvalue weighted by molar-refractivity contribution is 0.867. The van der Waals surface area contributed by atoms with Crippen molar-refractivity contribution in [2.45, 2.75) is 33.6 Å². The van der Waals surface area contributed by atoms with Gasteiger partial charge in [0.15, 0.2) is 0 Å². The Labute approximate surface area is 121 Å². The molecule has 1 N–H and O–H groups in total. The summed E-state index contributed by atoms with van der Waals surface area (Å²) in [4.78, 5) is 3.27. The number of hydrogen-bond donors (Lipinski definition) is 1. The average molecular weight is 265 g/mol. The van der Waals surface area contributed by atoms with E-state index >= 15 is 0 Å². The topological polar surface area (TPSA) is 15.8 Å². The standard InChI is InChI=1S/C17H17N.C2H6/c1-12(2)13-5-3-6-14(11-13)15-7-4-8-17-16(15)9-10-18-17;1-2/h3-12,18H,1-2H3;1-2H3. The summed E-state index contributed by atoms with van der Waals surface area (Å²) in [5, 5.41) is 1.29.